The predicted molar refractivity (Wildman–Crippen MR) is 68.4 cm³/mol. The number of anilines is 1. The smallest absolute Gasteiger partial charge is 0.315 e. The summed E-state index contributed by atoms with van der Waals surface area (Å²) in [5.41, 5.74) is 0. The summed E-state index contributed by atoms with van der Waals surface area (Å²) in [4.78, 5) is 0. The molecule has 18 heavy (non-hydrogen) atoms. The van der Waals surface area contributed by atoms with Crippen molar-refractivity contribution in [2.75, 3.05) is 19.0 Å². The van der Waals surface area contributed by atoms with Gasteiger partial charge in [-0.15, -0.1) is 5.10 Å². The Balaban J connectivity index is 1.76. The zero-order chi connectivity index (χ0) is 12.8. The summed E-state index contributed by atoms with van der Waals surface area (Å²) in [6.07, 6.45) is 4.63. The molecule has 2 rings (SSSR count). The summed E-state index contributed by atoms with van der Waals surface area (Å²) in [6, 6.07) is 0.900. The van der Waals surface area contributed by atoms with Crippen molar-refractivity contribution in [1.82, 2.24) is 15.5 Å². The highest BCUT2D eigenvalue weighted by Gasteiger charge is 2.25. The van der Waals surface area contributed by atoms with Crippen LogP contribution in [0.2, 0.25) is 0 Å². The number of hydrogen-bond donors (Lipinski definition) is 2. The van der Waals surface area contributed by atoms with Gasteiger partial charge in [0.25, 0.3) is 0 Å². The number of ether oxygens (including phenoxy) is 1. The standard InChI is InChI=1S/C12H22N4O2/c1-3-6-13-8-11-15-16-12(18-11)14-9-4-5-10(7-9)17-2/h9-10,13H,3-8H2,1-2H3,(H,14,16). The average molecular weight is 254 g/mol. The summed E-state index contributed by atoms with van der Waals surface area (Å²) >= 11 is 0. The van der Waals surface area contributed by atoms with Gasteiger partial charge in [0.1, 0.15) is 0 Å². The van der Waals surface area contributed by atoms with E-state index < -0.39 is 0 Å². The van der Waals surface area contributed by atoms with Crippen LogP contribution in [0.15, 0.2) is 4.42 Å². The summed E-state index contributed by atoms with van der Waals surface area (Å²) in [6.45, 7) is 3.72. The molecule has 0 bridgehead atoms. The normalized spacial score (nSPS) is 23.4. The van der Waals surface area contributed by atoms with Crippen LogP contribution in [0.1, 0.15) is 38.5 Å². The van der Waals surface area contributed by atoms with Crippen molar-refractivity contribution >= 4 is 6.01 Å². The molecule has 0 saturated heterocycles. The molecule has 0 aromatic carbocycles. The van der Waals surface area contributed by atoms with Crippen molar-refractivity contribution in [3.8, 4) is 0 Å². The molecule has 6 heteroatoms. The molecular weight excluding hydrogens is 232 g/mol. The number of hydrogen-bond acceptors (Lipinski definition) is 6. The highest BCUT2D eigenvalue weighted by molar-refractivity contribution is 5.20. The van der Waals surface area contributed by atoms with Gasteiger partial charge in [-0.05, 0) is 32.2 Å². The van der Waals surface area contributed by atoms with Gasteiger partial charge in [0, 0.05) is 13.2 Å². The zero-order valence-electron chi connectivity index (χ0n) is 11.1. The minimum Gasteiger partial charge on any atom is -0.407 e. The van der Waals surface area contributed by atoms with Crippen LogP contribution in [-0.2, 0) is 11.3 Å². The molecular formula is C12H22N4O2. The van der Waals surface area contributed by atoms with E-state index in [2.05, 4.69) is 27.8 Å². The first-order valence-corrected chi connectivity index (χ1v) is 6.64. The molecule has 0 spiro atoms. The topological polar surface area (TPSA) is 72.2 Å². The number of methoxy groups -OCH3 is 1. The van der Waals surface area contributed by atoms with Crippen LogP contribution in [0.3, 0.4) is 0 Å². The number of nitrogens with one attached hydrogen (secondary N) is 2. The van der Waals surface area contributed by atoms with Crippen LogP contribution < -0.4 is 10.6 Å². The summed E-state index contributed by atoms with van der Waals surface area (Å²) < 4.78 is 10.9. The third-order valence-corrected chi connectivity index (χ3v) is 3.22. The Hall–Kier alpha value is -1.14. The number of rotatable bonds is 7. The Morgan fingerprint density at radius 3 is 3.00 bits per heavy atom. The van der Waals surface area contributed by atoms with Gasteiger partial charge >= 0.3 is 6.01 Å². The van der Waals surface area contributed by atoms with Crippen molar-refractivity contribution in [2.24, 2.45) is 0 Å². The van der Waals surface area contributed by atoms with Crippen LogP contribution in [0.25, 0.3) is 0 Å². The quantitative estimate of drug-likeness (QED) is 0.719. The molecule has 0 amide bonds. The number of aromatic nitrogens is 2. The Morgan fingerprint density at radius 1 is 1.39 bits per heavy atom. The molecule has 1 heterocycles. The van der Waals surface area contributed by atoms with Crippen molar-refractivity contribution in [1.29, 1.82) is 0 Å². The molecule has 2 atom stereocenters. The van der Waals surface area contributed by atoms with E-state index in [0.29, 0.717) is 30.6 Å². The average Bonchev–Trinajstić information content (AvgIpc) is 3.00. The highest BCUT2D eigenvalue weighted by atomic mass is 16.5. The summed E-state index contributed by atoms with van der Waals surface area (Å²) in [5, 5.41) is 14.5. The van der Waals surface area contributed by atoms with Gasteiger partial charge in [-0.2, -0.15) is 0 Å². The summed E-state index contributed by atoms with van der Waals surface area (Å²) in [5.74, 6) is 0.632. The lowest BCUT2D eigenvalue weighted by molar-refractivity contribution is 0.108. The van der Waals surface area contributed by atoms with E-state index in [4.69, 9.17) is 9.15 Å². The second-order valence-electron chi connectivity index (χ2n) is 4.69. The Bertz CT molecular complexity index is 356. The maximum Gasteiger partial charge on any atom is 0.315 e. The van der Waals surface area contributed by atoms with Crippen molar-refractivity contribution in [2.45, 2.75) is 51.3 Å². The molecule has 2 unspecified atom stereocenters. The van der Waals surface area contributed by atoms with E-state index in [-0.39, 0.29) is 0 Å². The van der Waals surface area contributed by atoms with Gasteiger partial charge in [0.05, 0.1) is 12.6 Å². The first-order chi connectivity index (χ1) is 8.81. The molecule has 1 aromatic heterocycles. The summed E-state index contributed by atoms with van der Waals surface area (Å²) in [7, 11) is 1.76. The lowest BCUT2D eigenvalue weighted by Gasteiger charge is -2.10. The monoisotopic (exact) mass is 254 g/mol. The predicted octanol–water partition coefficient (Wildman–Crippen LogP) is 1.55. The lowest BCUT2D eigenvalue weighted by atomic mass is 10.2. The van der Waals surface area contributed by atoms with Crippen molar-refractivity contribution < 1.29 is 9.15 Å². The minimum atomic E-state index is 0.358. The van der Waals surface area contributed by atoms with E-state index in [0.717, 1.165) is 32.2 Å². The fourth-order valence-corrected chi connectivity index (χ4v) is 2.22. The van der Waals surface area contributed by atoms with E-state index in [1.54, 1.807) is 7.11 Å². The third-order valence-electron chi connectivity index (χ3n) is 3.22. The van der Waals surface area contributed by atoms with E-state index in [1.165, 1.54) is 0 Å². The van der Waals surface area contributed by atoms with Gasteiger partial charge in [-0.3, -0.25) is 0 Å². The molecule has 1 fully saturated rings. The van der Waals surface area contributed by atoms with Gasteiger partial charge in [0.15, 0.2) is 0 Å². The largest absolute Gasteiger partial charge is 0.407 e. The molecule has 1 aliphatic rings. The maximum atomic E-state index is 5.52. The fourth-order valence-electron chi connectivity index (χ4n) is 2.22. The van der Waals surface area contributed by atoms with Crippen molar-refractivity contribution in [3.63, 3.8) is 0 Å². The van der Waals surface area contributed by atoms with Gasteiger partial charge in [-0.1, -0.05) is 12.0 Å². The molecule has 1 aromatic rings. The molecule has 102 valence electrons. The molecule has 1 saturated carbocycles. The molecule has 1 aliphatic carbocycles. The SMILES string of the molecule is CCCNCc1nnc(NC2CCC(OC)C2)o1. The lowest BCUT2D eigenvalue weighted by Crippen LogP contribution is -2.17. The van der Waals surface area contributed by atoms with E-state index >= 15 is 0 Å². The molecule has 0 aliphatic heterocycles. The number of nitrogens with zero attached hydrogens (tertiary/aromatic N) is 2. The minimum absolute atomic E-state index is 0.358. The Kier molecular flexibility index (Phi) is 4.95. The first-order valence-electron chi connectivity index (χ1n) is 6.64. The highest BCUT2D eigenvalue weighted by Crippen LogP contribution is 2.24. The van der Waals surface area contributed by atoms with Crippen LogP contribution in [0.5, 0.6) is 0 Å². The third kappa shape index (κ3) is 3.68. The Labute approximate surface area is 107 Å². The van der Waals surface area contributed by atoms with Crippen molar-refractivity contribution in [3.05, 3.63) is 5.89 Å². The van der Waals surface area contributed by atoms with E-state index in [1.807, 2.05) is 0 Å². The van der Waals surface area contributed by atoms with Crippen LogP contribution in [-0.4, -0.2) is 36.0 Å². The second kappa shape index (κ2) is 6.70. The van der Waals surface area contributed by atoms with Crippen LogP contribution in [0.4, 0.5) is 6.01 Å². The van der Waals surface area contributed by atoms with E-state index in [9.17, 15) is 0 Å². The maximum absolute atomic E-state index is 5.52. The fraction of sp³-hybridized carbons (Fsp3) is 0.833. The van der Waals surface area contributed by atoms with Gasteiger partial charge < -0.3 is 19.8 Å². The van der Waals surface area contributed by atoms with Crippen LogP contribution >= 0.6 is 0 Å². The van der Waals surface area contributed by atoms with Crippen LogP contribution in [0, 0.1) is 0 Å². The molecule has 0 radical (unpaired) electrons. The molecule has 6 nitrogen and oxygen atoms in total. The van der Waals surface area contributed by atoms with Gasteiger partial charge in [0.2, 0.25) is 5.89 Å². The Morgan fingerprint density at radius 2 is 2.28 bits per heavy atom. The van der Waals surface area contributed by atoms with Gasteiger partial charge in [-0.25, -0.2) is 0 Å². The zero-order valence-corrected chi connectivity index (χ0v) is 11.1. The second-order valence-corrected chi connectivity index (χ2v) is 4.69. The molecule has 2 N–H and O–H groups in total. The first kappa shape index (κ1) is 13.3.